The van der Waals surface area contributed by atoms with Gasteiger partial charge in [0.05, 0.1) is 0 Å². The molecule has 1 fully saturated rings. The summed E-state index contributed by atoms with van der Waals surface area (Å²) in [5.41, 5.74) is 0.604. The molecule has 1 aromatic carbocycles. The standard InChI is InChI=1S/C14H14FN5O3/c1-7(17-12(21)10-6-16-14(22)18-10)13-19-11(20-23-13)8-2-4-9(15)5-3-8/h2-5,7,10H,6H2,1H3,(H,17,21)(H2,16,18,22)/t7-,10-/m1/s1. The summed E-state index contributed by atoms with van der Waals surface area (Å²) in [5.74, 6) is -0.186. The molecular formula is C14H14FN5O3. The van der Waals surface area contributed by atoms with Crippen molar-refractivity contribution in [3.63, 3.8) is 0 Å². The highest BCUT2D eigenvalue weighted by Crippen LogP contribution is 2.19. The number of nitrogens with zero attached hydrogens (tertiary/aromatic N) is 2. The molecule has 3 rings (SSSR count). The average molecular weight is 319 g/mol. The van der Waals surface area contributed by atoms with Crippen molar-refractivity contribution in [1.29, 1.82) is 0 Å². The van der Waals surface area contributed by atoms with Crippen molar-refractivity contribution in [3.05, 3.63) is 36.0 Å². The fraction of sp³-hybridized carbons (Fsp3) is 0.286. The number of aromatic nitrogens is 2. The van der Waals surface area contributed by atoms with Crippen LogP contribution in [0.3, 0.4) is 0 Å². The van der Waals surface area contributed by atoms with Crippen molar-refractivity contribution in [2.24, 2.45) is 0 Å². The van der Waals surface area contributed by atoms with E-state index < -0.39 is 12.1 Å². The minimum Gasteiger partial charge on any atom is -0.343 e. The molecule has 0 spiro atoms. The number of halogens is 1. The minimum absolute atomic E-state index is 0.218. The summed E-state index contributed by atoms with van der Waals surface area (Å²) < 4.78 is 18.0. The van der Waals surface area contributed by atoms with E-state index >= 15 is 0 Å². The SMILES string of the molecule is C[C@@H](NC(=O)[C@H]1CNC(=O)N1)c1nc(-c2ccc(F)cc2)no1. The Kier molecular flexibility index (Phi) is 3.92. The first kappa shape index (κ1) is 14.9. The second-order valence-electron chi connectivity index (χ2n) is 5.10. The maximum absolute atomic E-state index is 12.9. The van der Waals surface area contributed by atoms with Crippen molar-refractivity contribution >= 4 is 11.9 Å². The number of hydrogen-bond donors (Lipinski definition) is 3. The highest BCUT2D eigenvalue weighted by molar-refractivity contribution is 5.90. The Morgan fingerprint density at radius 3 is 2.83 bits per heavy atom. The topological polar surface area (TPSA) is 109 Å². The van der Waals surface area contributed by atoms with Crippen molar-refractivity contribution in [1.82, 2.24) is 26.1 Å². The molecule has 3 amide bonds. The summed E-state index contributed by atoms with van der Waals surface area (Å²) in [4.78, 5) is 27.2. The zero-order valence-electron chi connectivity index (χ0n) is 12.2. The fourth-order valence-electron chi connectivity index (χ4n) is 2.12. The molecule has 1 saturated heterocycles. The maximum atomic E-state index is 12.9. The van der Waals surface area contributed by atoms with Gasteiger partial charge in [0.2, 0.25) is 17.6 Å². The first-order valence-corrected chi connectivity index (χ1v) is 6.97. The molecule has 0 bridgehead atoms. The van der Waals surface area contributed by atoms with Gasteiger partial charge in [0, 0.05) is 12.1 Å². The first-order chi connectivity index (χ1) is 11.0. The van der Waals surface area contributed by atoms with Crippen LogP contribution in [-0.4, -0.2) is 34.7 Å². The van der Waals surface area contributed by atoms with E-state index in [1.54, 1.807) is 6.92 Å². The Bertz CT molecular complexity index is 730. The normalized spacial score (nSPS) is 18.2. The second kappa shape index (κ2) is 6.03. The van der Waals surface area contributed by atoms with Crippen LogP contribution < -0.4 is 16.0 Å². The van der Waals surface area contributed by atoms with Crippen molar-refractivity contribution < 1.29 is 18.5 Å². The lowest BCUT2D eigenvalue weighted by molar-refractivity contribution is -0.123. The molecule has 0 unspecified atom stereocenters. The first-order valence-electron chi connectivity index (χ1n) is 6.97. The summed E-state index contributed by atoms with van der Waals surface area (Å²) in [7, 11) is 0. The third kappa shape index (κ3) is 3.28. The molecule has 1 aromatic heterocycles. The van der Waals surface area contributed by atoms with Crippen molar-refractivity contribution in [2.45, 2.75) is 19.0 Å². The summed E-state index contributed by atoms with van der Waals surface area (Å²) in [6.45, 7) is 1.91. The monoisotopic (exact) mass is 319 g/mol. The van der Waals surface area contributed by atoms with E-state index in [0.717, 1.165) is 0 Å². The molecule has 9 heteroatoms. The zero-order chi connectivity index (χ0) is 16.4. The van der Waals surface area contributed by atoms with Crippen LogP contribution in [0.5, 0.6) is 0 Å². The Hall–Kier alpha value is -2.97. The molecule has 2 atom stereocenters. The zero-order valence-corrected chi connectivity index (χ0v) is 12.2. The Morgan fingerprint density at radius 2 is 2.17 bits per heavy atom. The van der Waals surface area contributed by atoms with Crippen LogP contribution in [-0.2, 0) is 4.79 Å². The summed E-state index contributed by atoms with van der Waals surface area (Å²) in [6, 6.07) is 4.12. The number of carbonyl (C=O) groups excluding carboxylic acids is 2. The fourth-order valence-corrected chi connectivity index (χ4v) is 2.12. The van der Waals surface area contributed by atoms with Crippen molar-refractivity contribution in [2.75, 3.05) is 6.54 Å². The van der Waals surface area contributed by atoms with E-state index in [-0.39, 0.29) is 30.2 Å². The van der Waals surface area contributed by atoms with Crippen LogP contribution in [0.25, 0.3) is 11.4 Å². The predicted molar refractivity (Wildman–Crippen MR) is 76.6 cm³/mol. The lowest BCUT2D eigenvalue weighted by atomic mass is 10.2. The van der Waals surface area contributed by atoms with Crippen LogP contribution in [0.15, 0.2) is 28.8 Å². The van der Waals surface area contributed by atoms with E-state index in [0.29, 0.717) is 11.4 Å². The Morgan fingerprint density at radius 1 is 1.43 bits per heavy atom. The third-order valence-corrected chi connectivity index (χ3v) is 3.36. The van der Waals surface area contributed by atoms with Crippen LogP contribution in [0.2, 0.25) is 0 Å². The molecule has 2 aromatic rings. The highest BCUT2D eigenvalue weighted by atomic mass is 19.1. The maximum Gasteiger partial charge on any atom is 0.315 e. The number of rotatable bonds is 4. The molecule has 0 radical (unpaired) electrons. The number of hydrogen-bond acceptors (Lipinski definition) is 5. The van der Waals surface area contributed by atoms with Gasteiger partial charge in [-0.2, -0.15) is 4.98 Å². The third-order valence-electron chi connectivity index (χ3n) is 3.36. The van der Waals surface area contributed by atoms with Gasteiger partial charge in [-0.25, -0.2) is 9.18 Å². The van der Waals surface area contributed by atoms with E-state index in [9.17, 15) is 14.0 Å². The molecule has 2 heterocycles. The second-order valence-corrected chi connectivity index (χ2v) is 5.10. The molecule has 23 heavy (non-hydrogen) atoms. The van der Waals surface area contributed by atoms with E-state index in [1.807, 2.05) is 0 Å². The van der Waals surface area contributed by atoms with Gasteiger partial charge >= 0.3 is 6.03 Å². The van der Waals surface area contributed by atoms with E-state index in [4.69, 9.17) is 4.52 Å². The van der Waals surface area contributed by atoms with Gasteiger partial charge in [-0.05, 0) is 31.2 Å². The van der Waals surface area contributed by atoms with Crippen molar-refractivity contribution in [3.8, 4) is 11.4 Å². The van der Waals surface area contributed by atoms with Crippen LogP contribution in [0.1, 0.15) is 18.9 Å². The lowest BCUT2D eigenvalue weighted by Gasteiger charge is -2.13. The number of amides is 3. The largest absolute Gasteiger partial charge is 0.343 e. The number of benzene rings is 1. The van der Waals surface area contributed by atoms with Gasteiger partial charge in [0.15, 0.2) is 0 Å². The highest BCUT2D eigenvalue weighted by Gasteiger charge is 2.28. The predicted octanol–water partition coefficient (Wildman–Crippen LogP) is 0.734. The molecule has 120 valence electrons. The summed E-state index contributed by atoms with van der Waals surface area (Å²) >= 11 is 0. The molecule has 0 saturated carbocycles. The lowest BCUT2D eigenvalue weighted by Crippen LogP contribution is -2.43. The smallest absolute Gasteiger partial charge is 0.315 e. The summed E-state index contributed by atoms with van der Waals surface area (Å²) in [6.07, 6.45) is 0. The van der Waals surface area contributed by atoms with Gasteiger partial charge in [-0.3, -0.25) is 4.79 Å². The van der Waals surface area contributed by atoms with E-state index in [2.05, 4.69) is 26.1 Å². The average Bonchev–Trinajstić information content (AvgIpc) is 3.17. The Balaban J connectivity index is 1.66. The quantitative estimate of drug-likeness (QED) is 0.770. The van der Waals surface area contributed by atoms with E-state index in [1.165, 1.54) is 24.3 Å². The molecule has 1 aliphatic rings. The van der Waals surface area contributed by atoms with Gasteiger partial charge < -0.3 is 20.5 Å². The number of carbonyl (C=O) groups is 2. The molecule has 1 aliphatic heterocycles. The Labute approximate surface area is 130 Å². The molecule has 3 N–H and O–H groups in total. The minimum atomic E-state index is -0.635. The molecule has 0 aliphatic carbocycles. The van der Waals surface area contributed by atoms with Gasteiger partial charge in [-0.1, -0.05) is 5.16 Å². The van der Waals surface area contributed by atoms with Crippen LogP contribution in [0.4, 0.5) is 9.18 Å². The van der Waals surface area contributed by atoms with Crippen LogP contribution in [0, 0.1) is 5.82 Å². The summed E-state index contributed by atoms with van der Waals surface area (Å²) in [5, 5.41) is 11.5. The van der Waals surface area contributed by atoms with Crippen LogP contribution >= 0.6 is 0 Å². The van der Waals surface area contributed by atoms with Gasteiger partial charge in [-0.15, -0.1) is 0 Å². The van der Waals surface area contributed by atoms with Gasteiger partial charge in [0.25, 0.3) is 0 Å². The molecule has 8 nitrogen and oxygen atoms in total. The number of urea groups is 1. The number of nitrogens with one attached hydrogen (secondary N) is 3. The van der Waals surface area contributed by atoms with Gasteiger partial charge in [0.1, 0.15) is 17.9 Å². The molecular weight excluding hydrogens is 305 g/mol.